The summed E-state index contributed by atoms with van der Waals surface area (Å²) in [6.45, 7) is 9.16. The Morgan fingerprint density at radius 3 is 2.00 bits per heavy atom. The Morgan fingerprint density at radius 1 is 1.07 bits per heavy atom. The van der Waals surface area contributed by atoms with Gasteiger partial charge in [0.05, 0.1) is 0 Å². The van der Waals surface area contributed by atoms with Crippen LogP contribution in [0.4, 0.5) is 0 Å². The first-order valence-corrected chi connectivity index (χ1v) is 5.48. The zero-order valence-electron chi connectivity index (χ0n) is 10.8. The smallest absolute Gasteiger partial charge is 0 e. The first-order chi connectivity index (χ1) is 5.70. The molecule has 0 rings (SSSR count). The van der Waals surface area contributed by atoms with Crippen molar-refractivity contribution in [2.24, 2.45) is 11.8 Å². The molecule has 0 aromatic carbocycles. The van der Waals surface area contributed by atoms with Gasteiger partial charge in [-0.05, 0) is 5.92 Å². The van der Waals surface area contributed by atoms with Crippen LogP contribution in [0.1, 0.15) is 59.8 Å². The topological polar surface area (TPSA) is 0 Å². The number of hydrogen-bond acceptors (Lipinski definition) is 0. The largest absolute Gasteiger partial charge is 0.358 e. The molecule has 0 saturated carbocycles. The maximum absolute atomic E-state index is 2.36. The monoisotopic (exact) mass is 273 g/mol. The van der Waals surface area contributed by atoms with Crippen molar-refractivity contribution in [1.29, 1.82) is 0 Å². The summed E-state index contributed by atoms with van der Waals surface area (Å²) in [4.78, 5) is 0. The predicted molar refractivity (Wildman–Crippen MR) is 63.5 cm³/mol. The Labute approximate surface area is 118 Å². The minimum Gasteiger partial charge on any atom is -0.358 e. The molecule has 0 aromatic rings. The molecule has 1 radical (unpaired) electrons. The second kappa shape index (κ2) is 14.1. The van der Waals surface area contributed by atoms with Crippen molar-refractivity contribution in [3.63, 3.8) is 0 Å². The van der Waals surface area contributed by atoms with Crippen molar-refractivity contribution in [2.45, 2.75) is 59.8 Å². The van der Waals surface area contributed by atoms with E-state index in [0.29, 0.717) is 0 Å². The van der Waals surface area contributed by atoms with Gasteiger partial charge in [0.2, 0.25) is 0 Å². The minimum atomic E-state index is 0. The Morgan fingerprint density at radius 2 is 1.57 bits per heavy atom. The summed E-state index contributed by atoms with van der Waals surface area (Å²) < 4.78 is 0. The Hall–Kier alpha value is 1.10. The summed E-state index contributed by atoms with van der Waals surface area (Å²) in [7, 11) is 0. The van der Waals surface area contributed by atoms with Gasteiger partial charge in [-0.2, -0.15) is 13.3 Å². The van der Waals surface area contributed by atoms with Crippen molar-refractivity contribution < 1.29 is 32.7 Å². The van der Waals surface area contributed by atoms with E-state index in [9.17, 15) is 0 Å². The summed E-state index contributed by atoms with van der Waals surface area (Å²) in [5.41, 5.74) is 0. The molecular weight excluding hydrogens is 245 g/mol. The summed E-state index contributed by atoms with van der Waals surface area (Å²) in [6, 6.07) is 0. The van der Waals surface area contributed by atoms with Gasteiger partial charge >= 0.3 is 0 Å². The van der Waals surface area contributed by atoms with Crippen molar-refractivity contribution in [1.82, 2.24) is 0 Å². The molecule has 2 atom stereocenters. The summed E-state index contributed by atoms with van der Waals surface area (Å²) in [6.07, 6.45) is 9.17. The standard InChI is InChI=1S/C12H25.CH3.Y/c1-5-8-12(4)10-7-9-11(3)6-2;;/h5,11-12H,6-10H2,1-4H3;1H3;/q2*-1;. The Balaban J connectivity index is -0.000000605. The molecule has 1 heteroatoms. The van der Waals surface area contributed by atoms with Gasteiger partial charge in [-0.15, -0.1) is 0 Å². The van der Waals surface area contributed by atoms with Gasteiger partial charge in [-0.3, -0.25) is 0 Å². The van der Waals surface area contributed by atoms with Crippen LogP contribution in [0.15, 0.2) is 0 Å². The van der Waals surface area contributed by atoms with E-state index in [4.69, 9.17) is 0 Å². The average Bonchev–Trinajstić information content (AvgIpc) is 2.04. The second-order valence-corrected chi connectivity index (χ2v) is 4.19. The molecule has 0 fully saturated rings. The van der Waals surface area contributed by atoms with E-state index in [0.717, 1.165) is 11.8 Å². The maximum Gasteiger partial charge on any atom is 0 e. The third-order valence-electron chi connectivity index (χ3n) is 2.73. The van der Waals surface area contributed by atoms with E-state index in [1.807, 2.05) is 0 Å². The van der Waals surface area contributed by atoms with Crippen molar-refractivity contribution in [3.05, 3.63) is 13.8 Å². The fraction of sp³-hybridized carbons (Fsp3) is 0.846. The van der Waals surface area contributed by atoms with Crippen LogP contribution < -0.4 is 0 Å². The van der Waals surface area contributed by atoms with Crippen LogP contribution in [0.2, 0.25) is 0 Å². The Kier molecular flexibility index (Phi) is 20.7. The van der Waals surface area contributed by atoms with Crippen LogP contribution in [0.25, 0.3) is 0 Å². The van der Waals surface area contributed by atoms with Gasteiger partial charge in [0.1, 0.15) is 0 Å². The molecule has 0 aromatic heterocycles. The average molecular weight is 273 g/mol. The molecule has 14 heavy (non-hydrogen) atoms. The Bertz CT molecular complexity index is 91.2. The molecule has 0 aliphatic heterocycles. The van der Waals surface area contributed by atoms with Gasteiger partial charge in [0, 0.05) is 32.7 Å². The van der Waals surface area contributed by atoms with Crippen LogP contribution in [0.3, 0.4) is 0 Å². The van der Waals surface area contributed by atoms with Crippen molar-refractivity contribution in [2.75, 3.05) is 0 Å². The van der Waals surface area contributed by atoms with Crippen molar-refractivity contribution in [3.8, 4) is 0 Å². The van der Waals surface area contributed by atoms with Gasteiger partial charge < -0.3 is 13.8 Å². The molecule has 0 heterocycles. The summed E-state index contributed by atoms with van der Waals surface area (Å²) in [5.74, 6) is 1.84. The quantitative estimate of drug-likeness (QED) is 0.579. The molecule has 0 aliphatic carbocycles. The molecular formula is C13H28Y-2. The van der Waals surface area contributed by atoms with E-state index in [2.05, 4.69) is 34.1 Å². The second-order valence-electron chi connectivity index (χ2n) is 4.19. The zero-order chi connectivity index (χ0) is 9.40. The first-order valence-electron chi connectivity index (χ1n) is 5.48. The summed E-state index contributed by atoms with van der Waals surface area (Å²) in [5, 5.41) is 0. The first kappa shape index (κ1) is 20.5. The van der Waals surface area contributed by atoms with Gasteiger partial charge in [0.25, 0.3) is 0 Å². The van der Waals surface area contributed by atoms with Gasteiger partial charge in [-0.25, -0.2) is 0 Å². The molecule has 0 bridgehead atoms. The van der Waals surface area contributed by atoms with E-state index < -0.39 is 0 Å². The van der Waals surface area contributed by atoms with Gasteiger partial charge in [-0.1, -0.05) is 52.4 Å². The number of hydrogen-bond donors (Lipinski definition) is 0. The fourth-order valence-electron chi connectivity index (χ4n) is 1.54. The SMILES string of the molecule is C[CH-]CC(C)CCCC(C)CC.[CH3-].[Y]. The van der Waals surface area contributed by atoms with E-state index in [-0.39, 0.29) is 40.1 Å². The van der Waals surface area contributed by atoms with Crippen LogP contribution in [-0.4, -0.2) is 0 Å². The molecule has 0 aliphatic rings. The van der Waals surface area contributed by atoms with Crippen molar-refractivity contribution >= 4 is 0 Å². The normalized spacial score (nSPS) is 13.7. The van der Waals surface area contributed by atoms with E-state index in [1.54, 1.807) is 0 Å². The minimum absolute atomic E-state index is 0. The third-order valence-corrected chi connectivity index (χ3v) is 2.73. The molecule has 0 amide bonds. The number of rotatable bonds is 7. The van der Waals surface area contributed by atoms with Crippen LogP contribution in [0.5, 0.6) is 0 Å². The van der Waals surface area contributed by atoms with Crippen LogP contribution >= 0.6 is 0 Å². The molecule has 85 valence electrons. The molecule has 0 N–H and O–H groups in total. The van der Waals surface area contributed by atoms with Crippen LogP contribution in [0, 0.1) is 25.7 Å². The molecule has 0 spiro atoms. The molecule has 0 nitrogen and oxygen atoms in total. The zero-order valence-corrected chi connectivity index (χ0v) is 13.7. The van der Waals surface area contributed by atoms with Gasteiger partial charge in [0.15, 0.2) is 0 Å². The fourth-order valence-corrected chi connectivity index (χ4v) is 1.54. The molecule has 2 unspecified atom stereocenters. The van der Waals surface area contributed by atoms with Crippen LogP contribution in [-0.2, 0) is 32.7 Å². The molecule has 0 saturated heterocycles. The third kappa shape index (κ3) is 13.1. The summed E-state index contributed by atoms with van der Waals surface area (Å²) >= 11 is 0. The predicted octanol–water partition coefficient (Wildman–Crippen LogP) is 4.90. The van der Waals surface area contributed by atoms with E-state index >= 15 is 0 Å². The van der Waals surface area contributed by atoms with E-state index in [1.165, 1.54) is 32.1 Å². The maximum atomic E-state index is 2.36.